The highest BCUT2D eigenvalue weighted by molar-refractivity contribution is 5.22. The monoisotopic (exact) mass is 204 g/mol. The molecule has 4 heteroatoms. The largest absolute Gasteiger partial charge is 0.307 e. The molecule has 2 aliphatic rings. The number of fused-ring (bicyclic) bond motifs is 1. The second-order valence-corrected chi connectivity index (χ2v) is 4.55. The third-order valence-corrected chi connectivity index (χ3v) is 3.34. The van der Waals surface area contributed by atoms with E-state index in [-0.39, 0.29) is 0 Å². The first-order valence-corrected chi connectivity index (χ1v) is 5.57. The number of nitrogens with zero attached hydrogens (tertiary/aromatic N) is 3. The second-order valence-electron chi connectivity index (χ2n) is 4.55. The summed E-state index contributed by atoms with van der Waals surface area (Å²) in [7, 11) is 2.16. The number of likely N-dealkylation sites (N-methyl/N-ethyl adjacent to an activating group) is 1. The van der Waals surface area contributed by atoms with Crippen LogP contribution >= 0.6 is 0 Å². The minimum absolute atomic E-state index is 0.542. The van der Waals surface area contributed by atoms with Gasteiger partial charge in [0.15, 0.2) is 0 Å². The Morgan fingerprint density at radius 2 is 2.40 bits per heavy atom. The van der Waals surface area contributed by atoms with Crippen LogP contribution in [0.1, 0.15) is 29.4 Å². The average molecular weight is 204 g/mol. The van der Waals surface area contributed by atoms with Crippen LogP contribution in [0, 0.1) is 0 Å². The molecule has 15 heavy (non-hydrogen) atoms. The Balaban J connectivity index is 1.87. The van der Waals surface area contributed by atoms with Crippen LogP contribution in [0.4, 0.5) is 0 Å². The van der Waals surface area contributed by atoms with Gasteiger partial charge in [-0.3, -0.25) is 0 Å². The van der Waals surface area contributed by atoms with Gasteiger partial charge in [-0.2, -0.15) is 0 Å². The zero-order valence-electron chi connectivity index (χ0n) is 9.03. The molecule has 0 aliphatic carbocycles. The average Bonchev–Trinajstić information content (AvgIpc) is 2.84. The van der Waals surface area contributed by atoms with Crippen LogP contribution in [-0.2, 0) is 13.1 Å². The minimum Gasteiger partial charge on any atom is -0.307 e. The van der Waals surface area contributed by atoms with Crippen LogP contribution in [0.5, 0.6) is 0 Å². The molecule has 2 aliphatic heterocycles. The number of rotatable bonds is 1. The molecule has 1 saturated heterocycles. The van der Waals surface area contributed by atoms with E-state index in [2.05, 4.69) is 27.2 Å². The van der Waals surface area contributed by atoms with Gasteiger partial charge in [-0.1, -0.05) is 0 Å². The highest BCUT2D eigenvalue weighted by Crippen LogP contribution is 2.24. The first-order chi connectivity index (χ1) is 7.33. The van der Waals surface area contributed by atoms with Crippen LogP contribution in [-0.4, -0.2) is 35.0 Å². The molecular weight excluding hydrogens is 188 g/mol. The van der Waals surface area contributed by atoms with Crippen molar-refractivity contribution in [3.63, 3.8) is 0 Å². The summed E-state index contributed by atoms with van der Waals surface area (Å²) in [4.78, 5) is 11.5. The molecule has 4 nitrogen and oxygen atoms in total. The minimum atomic E-state index is 0.542. The van der Waals surface area contributed by atoms with Gasteiger partial charge >= 0.3 is 0 Å². The maximum Gasteiger partial charge on any atom is 0.133 e. The summed E-state index contributed by atoms with van der Waals surface area (Å²) >= 11 is 0. The number of nitrogens with one attached hydrogen (secondary N) is 1. The maximum absolute atomic E-state index is 4.67. The smallest absolute Gasteiger partial charge is 0.133 e. The lowest BCUT2D eigenvalue weighted by molar-refractivity contribution is 0.409. The molecule has 0 aromatic carbocycles. The van der Waals surface area contributed by atoms with E-state index < -0.39 is 0 Å². The molecule has 0 spiro atoms. The van der Waals surface area contributed by atoms with Gasteiger partial charge in [-0.05, 0) is 20.0 Å². The lowest BCUT2D eigenvalue weighted by atomic mass is 10.1. The SMILES string of the molecule is CN1CCC(c2ncc3c(n2)CNC3)C1. The molecule has 0 saturated carbocycles. The van der Waals surface area contributed by atoms with E-state index in [1.807, 2.05) is 6.20 Å². The molecule has 0 radical (unpaired) electrons. The van der Waals surface area contributed by atoms with Gasteiger partial charge in [0, 0.05) is 37.3 Å². The Kier molecular flexibility index (Phi) is 2.18. The van der Waals surface area contributed by atoms with Gasteiger partial charge in [0.2, 0.25) is 0 Å². The number of hydrogen-bond donors (Lipinski definition) is 1. The summed E-state index contributed by atoms with van der Waals surface area (Å²) in [6, 6.07) is 0. The van der Waals surface area contributed by atoms with Crippen molar-refractivity contribution in [3.05, 3.63) is 23.3 Å². The fraction of sp³-hybridized carbons (Fsp3) is 0.636. The predicted molar refractivity (Wildman–Crippen MR) is 57.4 cm³/mol. The van der Waals surface area contributed by atoms with Gasteiger partial charge < -0.3 is 10.2 Å². The van der Waals surface area contributed by atoms with Gasteiger partial charge in [0.1, 0.15) is 5.82 Å². The van der Waals surface area contributed by atoms with Crippen molar-refractivity contribution in [2.45, 2.75) is 25.4 Å². The highest BCUT2D eigenvalue weighted by Gasteiger charge is 2.24. The van der Waals surface area contributed by atoms with Crippen molar-refractivity contribution in [1.82, 2.24) is 20.2 Å². The Morgan fingerprint density at radius 1 is 1.47 bits per heavy atom. The van der Waals surface area contributed by atoms with Gasteiger partial charge in [0.25, 0.3) is 0 Å². The summed E-state index contributed by atoms with van der Waals surface area (Å²) in [6.07, 6.45) is 3.19. The maximum atomic E-state index is 4.67. The van der Waals surface area contributed by atoms with E-state index in [9.17, 15) is 0 Å². The topological polar surface area (TPSA) is 41.1 Å². The van der Waals surface area contributed by atoms with E-state index >= 15 is 0 Å². The van der Waals surface area contributed by atoms with E-state index in [4.69, 9.17) is 0 Å². The van der Waals surface area contributed by atoms with Crippen LogP contribution in [0.3, 0.4) is 0 Å². The molecule has 80 valence electrons. The Labute approximate surface area is 89.7 Å². The number of likely N-dealkylation sites (tertiary alicyclic amines) is 1. The third-order valence-electron chi connectivity index (χ3n) is 3.34. The van der Waals surface area contributed by atoms with Gasteiger partial charge in [0.05, 0.1) is 5.69 Å². The normalized spacial score (nSPS) is 25.8. The lowest BCUT2D eigenvalue weighted by Gasteiger charge is -2.09. The summed E-state index contributed by atoms with van der Waals surface area (Å²) in [6.45, 7) is 4.11. The van der Waals surface area contributed by atoms with Crippen molar-refractivity contribution in [2.24, 2.45) is 0 Å². The van der Waals surface area contributed by atoms with Crippen LogP contribution in [0.2, 0.25) is 0 Å². The Bertz CT molecular complexity index is 377. The molecule has 3 rings (SSSR count). The van der Waals surface area contributed by atoms with Crippen molar-refractivity contribution >= 4 is 0 Å². The Morgan fingerprint density at radius 3 is 3.20 bits per heavy atom. The van der Waals surface area contributed by atoms with Crippen LogP contribution in [0.25, 0.3) is 0 Å². The Hall–Kier alpha value is -1.00. The van der Waals surface area contributed by atoms with E-state index in [0.717, 1.165) is 25.5 Å². The molecule has 1 atom stereocenters. The predicted octanol–water partition coefficient (Wildman–Crippen LogP) is 0.499. The standard InChI is InChI=1S/C11H16N4/c1-15-3-2-8(7-15)11-13-5-9-4-12-6-10(9)14-11/h5,8,12H,2-4,6-7H2,1H3. The van der Waals surface area contributed by atoms with E-state index in [1.165, 1.54) is 24.2 Å². The molecule has 0 bridgehead atoms. The summed E-state index contributed by atoms with van der Waals surface area (Å²) in [5.41, 5.74) is 2.47. The molecule has 3 heterocycles. The van der Waals surface area contributed by atoms with E-state index in [0.29, 0.717) is 5.92 Å². The zero-order valence-corrected chi connectivity index (χ0v) is 9.03. The van der Waals surface area contributed by atoms with Crippen molar-refractivity contribution in [3.8, 4) is 0 Å². The van der Waals surface area contributed by atoms with Gasteiger partial charge in [-0.25, -0.2) is 9.97 Å². The fourth-order valence-electron chi connectivity index (χ4n) is 2.42. The zero-order chi connectivity index (χ0) is 10.3. The van der Waals surface area contributed by atoms with E-state index in [1.54, 1.807) is 0 Å². The first-order valence-electron chi connectivity index (χ1n) is 5.57. The molecule has 1 aromatic rings. The third kappa shape index (κ3) is 1.64. The van der Waals surface area contributed by atoms with Crippen LogP contribution < -0.4 is 5.32 Å². The van der Waals surface area contributed by atoms with Crippen molar-refractivity contribution < 1.29 is 0 Å². The number of hydrogen-bond acceptors (Lipinski definition) is 4. The van der Waals surface area contributed by atoms with Crippen molar-refractivity contribution in [1.29, 1.82) is 0 Å². The molecule has 1 unspecified atom stereocenters. The van der Waals surface area contributed by atoms with Gasteiger partial charge in [-0.15, -0.1) is 0 Å². The number of aromatic nitrogens is 2. The summed E-state index contributed by atoms with van der Waals surface area (Å²) in [5.74, 6) is 1.59. The van der Waals surface area contributed by atoms with Crippen LogP contribution in [0.15, 0.2) is 6.20 Å². The first kappa shape index (κ1) is 9.24. The van der Waals surface area contributed by atoms with Crippen molar-refractivity contribution in [2.75, 3.05) is 20.1 Å². The lowest BCUT2D eigenvalue weighted by Crippen LogP contribution is -2.14. The molecule has 1 fully saturated rings. The highest BCUT2D eigenvalue weighted by atomic mass is 15.1. The molecular formula is C11H16N4. The molecule has 1 aromatic heterocycles. The summed E-state index contributed by atoms with van der Waals surface area (Å²) in [5, 5.41) is 3.30. The quantitative estimate of drug-likeness (QED) is 0.723. The molecule has 0 amide bonds. The second kappa shape index (κ2) is 3.54. The molecule has 1 N–H and O–H groups in total. The fourth-order valence-corrected chi connectivity index (χ4v) is 2.42. The summed E-state index contributed by atoms with van der Waals surface area (Å²) < 4.78 is 0.